The molecule has 4 nitrogen and oxygen atoms in total. The molecule has 1 aromatic carbocycles. The van der Waals surface area contributed by atoms with Gasteiger partial charge in [-0.05, 0) is 18.9 Å². The topological polar surface area (TPSA) is 56.7 Å². The largest absolute Gasteiger partial charge is 0.396 e. The average molecular weight is 275 g/mol. The molecule has 3 N–H and O–H groups in total. The van der Waals surface area contributed by atoms with Crippen molar-refractivity contribution in [1.29, 1.82) is 0 Å². The number of benzene rings is 1. The van der Waals surface area contributed by atoms with Crippen LogP contribution < -0.4 is 10.6 Å². The number of aliphatic hydroxyl groups excluding tert-OH is 1. The number of rotatable bonds is 7. The molecule has 0 aliphatic rings. The molecular formula is C16H25N3O. The molecule has 0 radical (unpaired) electrons. The van der Waals surface area contributed by atoms with Crippen LogP contribution in [0.15, 0.2) is 47.5 Å². The smallest absolute Gasteiger partial charge is 0.191 e. The van der Waals surface area contributed by atoms with Crippen LogP contribution in [0.2, 0.25) is 0 Å². The first-order valence-corrected chi connectivity index (χ1v) is 7.03. The number of hydrogen-bond acceptors (Lipinski definition) is 2. The van der Waals surface area contributed by atoms with E-state index in [0.717, 1.165) is 24.5 Å². The van der Waals surface area contributed by atoms with Gasteiger partial charge in [-0.2, -0.15) is 0 Å². The van der Waals surface area contributed by atoms with Gasteiger partial charge in [0.25, 0.3) is 0 Å². The molecule has 0 aliphatic carbocycles. The molecule has 0 aliphatic heterocycles. The maximum absolute atomic E-state index is 9.50. The van der Waals surface area contributed by atoms with Gasteiger partial charge in [-0.1, -0.05) is 42.5 Å². The maximum atomic E-state index is 9.50. The summed E-state index contributed by atoms with van der Waals surface area (Å²) in [6, 6.07) is 10.0. The lowest BCUT2D eigenvalue weighted by atomic mass is 10.0. The Kier molecular flexibility index (Phi) is 8.15. The Morgan fingerprint density at radius 1 is 1.30 bits per heavy atom. The van der Waals surface area contributed by atoms with E-state index in [1.165, 1.54) is 0 Å². The third kappa shape index (κ3) is 5.89. The minimum atomic E-state index is 0.0743. The molecular weight excluding hydrogens is 250 g/mol. The maximum Gasteiger partial charge on any atom is 0.191 e. The molecule has 0 saturated carbocycles. The van der Waals surface area contributed by atoms with Gasteiger partial charge in [0.2, 0.25) is 0 Å². The van der Waals surface area contributed by atoms with Crippen LogP contribution in [0, 0.1) is 0 Å². The van der Waals surface area contributed by atoms with Crippen molar-refractivity contribution in [2.75, 3.05) is 26.7 Å². The molecule has 4 heteroatoms. The van der Waals surface area contributed by atoms with Crippen molar-refractivity contribution in [2.24, 2.45) is 4.99 Å². The third-order valence-electron chi connectivity index (χ3n) is 3.07. The van der Waals surface area contributed by atoms with Crippen LogP contribution >= 0.6 is 0 Å². The van der Waals surface area contributed by atoms with Crippen molar-refractivity contribution in [2.45, 2.75) is 19.3 Å². The lowest BCUT2D eigenvalue weighted by Crippen LogP contribution is -2.40. The summed E-state index contributed by atoms with van der Waals surface area (Å²) < 4.78 is 0. The van der Waals surface area contributed by atoms with Crippen molar-refractivity contribution in [3.63, 3.8) is 0 Å². The molecule has 0 aromatic heterocycles. The van der Waals surface area contributed by atoms with Crippen LogP contribution in [-0.4, -0.2) is 37.8 Å². The fraction of sp³-hybridized carbons (Fsp3) is 0.438. The molecule has 1 rings (SSSR count). The monoisotopic (exact) mass is 275 g/mol. The van der Waals surface area contributed by atoms with Gasteiger partial charge in [0.05, 0.1) is 6.61 Å². The SMILES string of the molecule is C/C=C/CCNC(=NC)NCC(CO)c1ccccc1. The predicted molar refractivity (Wildman–Crippen MR) is 85.1 cm³/mol. The standard InChI is InChI=1S/C16H25N3O/c1-3-4-8-11-18-16(17-2)19-12-15(13-20)14-9-6-5-7-10-14/h3-7,9-10,15,20H,8,11-13H2,1-2H3,(H2,17,18,19)/b4-3+. The molecule has 0 heterocycles. The summed E-state index contributed by atoms with van der Waals surface area (Å²) in [7, 11) is 1.75. The molecule has 0 amide bonds. The molecule has 1 unspecified atom stereocenters. The highest BCUT2D eigenvalue weighted by molar-refractivity contribution is 5.79. The van der Waals surface area contributed by atoms with Crippen molar-refractivity contribution in [1.82, 2.24) is 10.6 Å². The summed E-state index contributed by atoms with van der Waals surface area (Å²) in [5, 5.41) is 16.0. The minimum absolute atomic E-state index is 0.0743. The van der Waals surface area contributed by atoms with Gasteiger partial charge < -0.3 is 15.7 Å². The van der Waals surface area contributed by atoms with E-state index >= 15 is 0 Å². The summed E-state index contributed by atoms with van der Waals surface area (Å²) in [4.78, 5) is 4.17. The second kappa shape index (κ2) is 10.0. The number of aliphatic imine (C=N–C) groups is 1. The van der Waals surface area contributed by atoms with Crippen molar-refractivity contribution in [3.05, 3.63) is 48.0 Å². The van der Waals surface area contributed by atoms with Gasteiger partial charge in [-0.25, -0.2) is 0 Å². The number of nitrogens with zero attached hydrogens (tertiary/aromatic N) is 1. The summed E-state index contributed by atoms with van der Waals surface area (Å²) in [6.07, 6.45) is 5.12. The Balaban J connectivity index is 2.42. The molecule has 0 bridgehead atoms. The fourth-order valence-corrected chi connectivity index (χ4v) is 1.89. The minimum Gasteiger partial charge on any atom is -0.396 e. The van der Waals surface area contributed by atoms with Gasteiger partial charge in [-0.15, -0.1) is 0 Å². The Labute approximate surface area is 121 Å². The summed E-state index contributed by atoms with van der Waals surface area (Å²) in [5.41, 5.74) is 1.13. The number of aliphatic hydroxyl groups is 1. The molecule has 0 spiro atoms. The fourth-order valence-electron chi connectivity index (χ4n) is 1.89. The van der Waals surface area contributed by atoms with Crippen molar-refractivity contribution < 1.29 is 5.11 Å². The zero-order valence-electron chi connectivity index (χ0n) is 12.3. The normalized spacial score (nSPS) is 13.4. The van der Waals surface area contributed by atoms with Gasteiger partial charge in [0, 0.05) is 26.1 Å². The Hall–Kier alpha value is -1.81. The Morgan fingerprint density at radius 3 is 2.65 bits per heavy atom. The van der Waals surface area contributed by atoms with Gasteiger partial charge in [0.1, 0.15) is 0 Å². The zero-order valence-corrected chi connectivity index (χ0v) is 12.3. The molecule has 20 heavy (non-hydrogen) atoms. The van der Waals surface area contributed by atoms with E-state index in [1.54, 1.807) is 7.05 Å². The van der Waals surface area contributed by atoms with Gasteiger partial charge >= 0.3 is 0 Å². The van der Waals surface area contributed by atoms with E-state index in [9.17, 15) is 5.11 Å². The Morgan fingerprint density at radius 2 is 2.05 bits per heavy atom. The second-order valence-corrected chi connectivity index (χ2v) is 4.53. The van der Waals surface area contributed by atoms with Crippen LogP contribution in [0.3, 0.4) is 0 Å². The summed E-state index contributed by atoms with van der Waals surface area (Å²) >= 11 is 0. The van der Waals surface area contributed by atoms with Gasteiger partial charge in [-0.3, -0.25) is 4.99 Å². The first-order valence-electron chi connectivity index (χ1n) is 7.03. The van der Waals surface area contributed by atoms with Crippen LogP contribution in [-0.2, 0) is 0 Å². The molecule has 110 valence electrons. The summed E-state index contributed by atoms with van der Waals surface area (Å²) in [5.74, 6) is 0.842. The highest BCUT2D eigenvalue weighted by Gasteiger charge is 2.10. The van der Waals surface area contributed by atoms with E-state index in [1.807, 2.05) is 43.3 Å². The average Bonchev–Trinajstić information content (AvgIpc) is 2.51. The zero-order chi connectivity index (χ0) is 14.6. The quantitative estimate of drug-likeness (QED) is 0.308. The Bertz CT molecular complexity index is 415. The molecule has 1 aromatic rings. The van der Waals surface area contributed by atoms with E-state index in [-0.39, 0.29) is 12.5 Å². The van der Waals surface area contributed by atoms with Crippen LogP contribution in [0.25, 0.3) is 0 Å². The third-order valence-corrected chi connectivity index (χ3v) is 3.07. The van der Waals surface area contributed by atoms with E-state index in [0.29, 0.717) is 6.54 Å². The number of allylic oxidation sites excluding steroid dienone is 1. The second-order valence-electron chi connectivity index (χ2n) is 4.53. The van der Waals surface area contributed by atoms with Gasteiger partial charge in [0.15, 0.2) is 5.96 Å². The first kappa shape index (κ1) is 16.2. The lowest BCUT2D eigenvalue weighted by molar-refractivity contribution is 0.265. The van der Waals surface area contributed by atoms with Crippen molar-refractivity contribution >= 4 is 5.96 Å². The van der Waals surface area contributed by atoms with Crippen molar-refractivity contribution in [3.8, 4) is 0 Å². The molecule has 0 saturated heterocycles. The predicted octanol–water partition coefficient (Wildman–Crippen LogP) is 1.89. The van der Waals surface area contributed by atoms with E-state index in [2.05, 4.69) is 21.7 Å². The highest BCUT2D eigenvalue weighted by Crippen LogP contribution is 2.13. The lowest BCUT2D eigenvalue weighted by Gasteiger charge is -2.17. The number of guanidine groups is 1. The van der Waals surface area contributed by atoms with E-state index in [4.69, 9.17) is 0 Å². The number of nitrogens with one attached hydrogen (secondary N) is 2. The molecule has 1 atom stereocenters. The number of hydrogen-bond donors (Lipinski definition) is 3. The van der Waals surface area contributed by atoms with E-state index < -0.39 is 0 Å². The van der Waals surface area contributed by atoms with Crippen LogP contribution in [0.4, 0.5) is 0 Å². The molecule has 0 fully saturated rings. The van der Waals surface area contributed by atoms with Crippen LogP contribution in [0.1, 0.15) is 24.8 Å². The summed E-state index contributed by atoms with van der Waals surface area (Å²) in [6.45, 7) is 3.63. The highest BCUT2D eigenvalue weighted by atomic mass is 16.3. The van der Waals surface area contributed by atoms with Crippen LogP contribution in [0.5, 0.6) is 0 Å². The first-order chi connectivity index (χ1) is 9.81.